The van der Waals surface area contributed by atoms with Crippen molar-refractivity contribution in [1.82, 2.24) is 5.32 Å². The number of amides is 1. The maximum atomic E-state index is 12.0. The van der Waals surface area contributed by atoms with Crippen LogP contribution >= 0.6 is 11.6 Å². The molecule has 1 N–H and O–H groups in total. The summed E-state index contributed by atoms with van der Waals surface area (Å²) in [5.41, 5.74) is 1.73. The first-order chi connectivity index (χ1) is 12.5. The van der Waals surface area contributed by atoms with Gasteiger partial charge in [-0.15, -0.1) is 0 Å². The molecule has 5 nitrogen and oxygen atoms in total. The highest BCUT2D eigenvalue weighted by Crippen LogP contribution is 2.12. The average Bonchev–Trinajstić information content (AvgIpc) is 2.66. The van der Waals surface area contributed by atoms with E-state index in [4.69, 9.17) is 21.1 Å². The highest BCUT2D eigenvalue weighted by molar-refractivity contribution is 6.30. The number of ether oxygens (including phenoxy) is 2. The van der Waals surface area contributed by atoms with E-state index >= 15 is 0 Å². The monoisotopic (exact) mass is 373 g/mol. The van der Waals surface area contributed by atoms with E-state index in [1.54, 1.807) is 37.5 Å². The zero-order chi connectivity index (χ0) is 18.9. The van der Waals surface area contributed by atoms with E-state index < -0.39 is 12.1 Å². The minimum atomic E-state index is -0.893. The smallest absolute Gasteiger partial charge is 0.331 e. The topological polar surface area (TPSA) is 64.6 Å². The lowest BCUT2D eigenvalue weighted by atomic mass is 10.2. The molecular formula is C20H20ClNO4. The molecule has 0 fully saturated rings. The SMILES string of the molecule is COc1ccc(CNC(=O)[C@@H](C)OC(=O)/C=C/c2ccc(Cl)cc2)cc1. The van der Waals surface area contributed by atoms with Crippen LogP contribution in [-0.2, 0) is 20.9 Å². The largest absolute Gasteiger partial charge is 0.497 e. The summed E-state index contributed by atoms with van der Waals surface area (Å²) in [7, 11) is 1.59. The molecule has 6 heteroatoms. The Bertz CT molecular complexity index is 769. The molecule has 26 heavy (non-hydrogen) atoms. The molecule has 0 saturated heterocycles. The third-order valence-electron chi connectivity index (χ3n) is 3.57. The van der Waals surface area contributed by atoms with Crippen LogP contribution in [0.15, 0.2) is 54.6 Å². The van der Waals surface area contributed by atoms with E-state index in [1.165, 1.54) is 13.0 Å². The van der Waals surface area contributed by atoms with Crippen molar-refractivity contribution in [3.63, 3.8) is 0 Å². The fourth-order valence-corrected chi connectivity index (χ4v) is 2.21. The Labute approximate surface area is 157 Å². The van der Waals surface area contributed by atoms with Crippen LogP contribution in [-0.4, -0.2) is 25.1 Å². The first kappa shape index (κ1) is 19.5. The molecule has 136 valence electrons. The van der Waals surface area contributed by atoms with Gasteiger partial charge in [0.05, 0.1) is 7.11 Å². The Balaban J connectivity index is 1.79. The summed E-state index contributed by atoms with van der Waals surface area (Å²) in [5, 5.41) is 3.34. The molecule has 2 aromatic carbocycles. The van der Waals surface area contributed by atoms with Crippen molar-refractivity contribution < 1.29 is 19.1 Å². The molecule has 0 aliphatic heterocycles. The Morgan fingerprint density at radius 1 is 1.12 bits per heavy atom. The second-order valence-corrected chi connectivity index (χ2v) is 5.97. The van der Waals surface area contributed by atoms with Gasteiger partial charge in [0, 0.05) is 17.6 Å². The number of hydrogen-bond acceptors (Lipinski definition) is 4. The fraction of sp³-hybridized carbons (Fsp3) is 0.200. The van der Waals surface area contributed by atoms with Crippen molar-refractivity contribution in [2.75, 3.05) is 7.11 Å². The summed E-state index contributed by atoms with van der Waals surface area (Å²) in [5.74, 6) is -0.212. The van der Waals surface area contributed by atoms with Gasteiger partial charge < -0.3 is 14.8 Å². The molecule has 0 radical (unpaired) electrons. The van der Waals surface area contributed by atoms with E-state index in [1.807, 2.05) is 24.3 Å². The van der Waals surface area contributed by atoms with Gasteiger partial charge in [0.2, 0.25) is 0 Å². The molecule has 0 aromatic heterocycles. The van der Waals surface area contributed by atoms with E-state index in [2.05, 4.69) is 5.32 Å². The Morgan fingerprint density at radius 3 is 2.38 bits per heavy atom. The van der Waals surface area contributed by atoms with Crippen LogP contribution in [0, 0.1) is 0 Å². The third kappa shape index (κ3) is 6.26. The molecule has 2 aromatic rings. The van der Waals surface area contributed by atoms with Gasteiger partial charge in [-0.2, -0.15) is 0 Å². The molecule has 1 atom stereocenters. The number of esters is 1. The molecule has 0 unspecified atom stereocenters. The molecule has 0 heterocycles. The van der Waals surface area contributed by atoms with Crippen molar-refractivity contribution >= 4 is 29.6 Å². The van der Waals surface area contributed by atoms with E-state index in [-0.39, 0.29) is 5.91 Å². The van der Waals surface area contributed by atoms with E-state index in [0.717, 1.165) is 16.9 Å². The zero-order valence-electron chi connectivity index (χ0n) is 14.6. The predicted molar refractivity (Wildman–Crippen MR) is 101 cm³/mol. The zero-order valence-corrected chi connectivity index (χ0v) is 15.3. The van der Waals surface area contributed by atoms with Gasteiger partial charge in [0.15, 0.2) is 6.10 Å². The first-order valence-electron chi connectivity index (χ1n) is 8.03. The summed E-state index contributed by atoms with van der Waals surface area (Å²) in [4.78, 5) is 23.8. The van der Waals surface area contributed by atoms with E-state index in [0.29, 0.717) is 11.6 Å². The van der Waals surface area contributed by atoms with Crippen LogP contribution in [0.1, 0.15) is 18.1 Å². The second kappa shape index (κ2) is 9.63. The highest BCUT2D eigenvalue weighted by atomic mass is 35.5. The van der Waals surface area contributed by atoms with Gasteiger partial charge in [-0.1, -0.05) is 35.9 Å². The fourth-order valence-electron chi connectivity index (χ4n) is 2.08. The van der Waals surface area contributed by atoms with Gasteiger partial charge >= 0.3 is 5.97 Å². The number of carbonyl (C=O) groups is 2. The van der Waals surface area contributed by atoms with Crippen LogP contribution in [0.25, 0.3) is 6.08 Å². The average molecular weight is 374 g/mol. The van der Waals surface area contributed by atoms with Crippen LogP contribution in [0.4, 0.5) is 0 Å². The van der Waals surface area contributed by atoms with Crippen LogP contribution in [0.2, 0.25) is 5.02 Å². The quantitative estimate of drug-likeness (QED) is 0.594. The lowest BCUT2D eigenvalue weighted by Gasteiger charge is -2.12. The Morgan fingerprint density at radius 2 is 1.77 bits per heavy atom. The molecule has 2 rings (SSSR count). The molecule has 0 spiro atoms. The number of rotatable bonds is 7. The molecule has 1 amide bonds. The van der Waals surface area contributed by atoms with Crippen LogP contribution < -0.4 is 10.1 Å². The van der Waals surface area contributed by atoms with Crippen LogP contribution in [0.3, 0.4) is 0 Å². The van der Waals surface area contributed by atoms with Crippen molar-refractivity contribution in [2.45, 2.75) is 19.6 Å². The molecule has 0 aliphatic carbocycles. The van der Waals surface area contributed by atoms with Crippen molar-refractivity contribution in [3.05, 3.63) is 70.8 Å². The standard InChI is InChI=1S/C20H20ClNO4/c1-14(20(24)22-13-16-5-10-18(25-2)11-6-16)26-19(23)12-7-15-3-8-17(21)9-4-15/h3-12,14H,13H2,1-2H3,(H,22,24)/b12-7+/t14-/m1/s1. The highest BCUT2D eigenvalue weighted by Gasteiger charge is 2.16. The van der Waals surface area contributed by atoms with Gasteiger partial charge in [0.25, 0.3) is 5.91 Å². The number of nitrogens with one attached hydrogen (secondary N) is 1. The normalized spacial score (nSPS) is 11.8. The Hall–Kier alpha value is -2.79. The van der Waals surface area contributed by atoms with Gasteiger partial charge in [-0.3, -0.25) is 4.79 Å². The predicted octanol–water partition coefficient (Wildman–Crippen LogP) is 3.61. The summed E-state index contributed by atoms with van der Waals surface area (Å²) in [6.45, 7) is 1.86. The maximum Gasteiger partial charge on any atom is 0.331 e. The van der Waals surface area contributed by atoms with Crippen molar-refractivity contribution in [2.24, 2.45) is 0 Å². The molecule has 0 aliphatic rings. The lowest BCUT2D eigenvalue weighted by molar-refractivity contribution is -0.150. The summed E-state index contributed by atoms with van der Waals surface area (Å²) >= 11 is 5.80. The number of benzene rings is 2. The van der Waals surface area contributed by atoms with Gasteiger partial charge in [-0.25, -0.2) is 4.79 Å². The summed E-state index contributed by atoms with van der Waals surface area (Å²) in [6, 6.07) is 14.3. The molecule has 0 bridgehead atoms. The lowest BCUT2D eigenvalue weighted by Crippen LogP contribution is -2.35. The number of halogens is 1. The third-order valence-corrected chi connectivity index (χ3v) is 3.82. The summed E-state index contributed by atoms with van der Waals surface area (Å²) in [6.07, 6.45) is 1.98. The number of hydrogen-bond donors (Lipinski definition) is 1. The van der Waals surface area contributed by atoms with Crippen LogP contribution in [0.5, 0.6) is 5.75 Å². The maximum absolute atomic E-state index is 12.0. The first-order valence-corrected chi connectivity index (χ1v) is 8.40. The molecule has 0 saturated carbocycles. The van der Waals surface area contributed by atoms with E-state index in [9.17, 15) is 9.59 Å². The Kier molecular flexibility index (Phi) is 7.24. The van der Waals surface area contributed by atoms with Gasteiger partial charge in [-0.05, 0) is 48.4 Å². The summed E-state index contributed by atoms with van der Waals surface area (Å²) < 4.78 is 10.2. The molecular weight excluding hydrogens is 354 g/mol. The van der Waals surface area contributed by atoms with Crippen molar-refractivity contribution in [3.8, 4) is 5.75 Å². The second-order valence-electron chi connectivity index (χ2n) is 5.53. The minimum Gasteiger partial charge on any atom is -0.497 e. The number of methoxy groups -OCH3 is 1. The minimum absolute atomic E-state index is 0.339. The number of carbonyl (C=O) groups excluding carboxylic acids is 2. The van der Waals surface area contributed by atoms with Gasteiger partial charge in [0.1, 0.15) is 5.75 Å². The van der Waals surface area contributed by atoms with Crippen molar-refractivity contribution in [1.29, 1.82) is 0 Å².